The van der Waals surface area contributed by atoms with E-state index >= 15 is 0 Å². The minimum Gasteiger partial charge on any atom is -0.322 e. The van der Waals surface area contributed by atoms with Gasteiger partial charge in [-0.05, 0) is 42.8 Å². The van der Waals surface area contributed by atoms with Crippen molar-refractivity contribution in [1.82, 2.24) is 4.98 Å². The zero-order valence-corrected chi connectivity index (χ0v) is 15.0. The van der Waals surface area contributed by atoms with Crippen LogP contribution in [0.5, 0.6) is 0 Å². The molecule has 0 aliphatic carbocycles. The summed E-state index contributed by atoms with van der Waals surface area (Å²) < 4.78 is 13.7. The fraction of sp³-hybridized carbons (Fsp3) is 0.0500. The lowest BCUT2D eigenvalue weighted by molar-refractivity contribution is 0.102. The van der Waals surface area contributed by atoms with Gasteiger partial charge in [-0.2, -0.15) is 0 Å². The Balaban J connectivity index is 1.76. The predicted molar refractivity (Wildman–Crippen MR) is 103 cm³/mol. The number of hydrogen-bond acceptors (Lipinski definition) is 3. The van der Waals surface area contributed by atoms with Crippen LogP contribution in [0, 0.1) is 12.7 Å². The van der Waals surface area contributed by atoms with E-state index < -0.39 is 17.6 Å². The Morgan fingerprint density at radius 2 is 1.63 bits per heavy atom. The van der Waals surface area contributed by atoms with Crippen LogP contribution in [0.25, 0.3) is 0 Å². The van der Waals surface area contributed by atoms with Gasteiger partial charge >= 0.3 is 0 Å². The molecule has 1 heterocycles. The minimum atomic E-state index is -0.569. The SMILES string of the molecule is Cc1ccc(NC(=O)c2cncc(C(=O)Nc3ccccc3F)c2)cc1Cl. The lowest BCUT2D eigenvalue weighted by Crippen LogP contribution is -2.16. The van der Waals surface area contributed by atoms with E-state index in [0.717, 1.165) is 5.56 Å². The van der Waals surface area contributed by atoms with Crippen molar-refractivity contribution in [2.45, 2.75) is 6.92 Å². The van der Waals surface area contributed by atoms with Crippen molar-refractivity contribution in [2.24, 2.45) is 0 Å². The standard InChI is InChI=1S/C20H15ClFN3O2/c1-12-6-7-15(9-16(12)21)24-19(26)13-8-14(11-23-10-13)20(27)25-18-5-3-2-4-17(18)22/h2-11H,1H3,(H,24,26)(H,25,27). The van der Waals surface area contributed by atoms with Crippen LogP contribution in [0.3, 0.4) is 0 Å². The number of amides is 2. The topological polar surface area (TPSA) is 71.1 Å². The summed E-state index contributed by atoms with van der Waals surface area (Å²) in [5.41, 5.74) is 1.78. The summed E-state index contributed by atoms with van der Waals surface area (Å²) in [6.45, 7) is 1.86. The Morgan fingerprint density at radius 3 is 2.30 bits per heavy atom. The van der Waals surface area contributed by atoms with E-state index in [1.165, 1.54) is 36.7 Å². The summed E-state index contributed by atoms with van der Waals surface area (Å²) in [6.07, 6.45) is 2.64. The number of rotatable bonds is 4. The lowest BCUT2D eigenvalue weighted by atomic mass is 10.1. The molecule has 27 heavy (non-hydrogen) atoms. The highest BCUT2D eigenvalue weighted by Crippen LogP contribution is 2.20. The van der Waals surface area contributed by atoms with Crippen LogP contribution in [-0.4, -0.2) is 16.8 Å². The third-order valence-electron chi connectivity index (χ3n) is 3.81. The van der Waals surface area contributed by atoms with Crippen molar-refractivity contribution < 1.29 is 14.0 Å². The van der Waals surface area contributed by atoms with Crippen molar-refractivity contribution in [2.75, 3.05) is 10.6 Å². The molecular weight excluding hydrogens is 369 g/mol. The van der Waals surface area contributed by atoms with Gasteiger partial charge in [0.1, 0.15) is 5.82 Å². The van der Waals surface area contributed by atoms with E-state index in [9.17, 15) is 14.0 Å². The van der Waals surface area contributed by atoms with Crippen molar-refractivity contribution in [3.63, 3.8) is 0 Å². The molecule has 2 aromatic carbocycles. The summed E-state index contributed by atoms with van der Waals surface area (Å²) in [5, 5.41) is 5.68. The van der Waals surface area contributed by atoms with E-state index in [-0.39, 0.29) is 16.8 Å². The number of para-hydroxylation sites is 1. The average molecular weight is 384 g/mol. The van der Waals surface area contributed by atoms with Crippen molar-refractivity contribution in [3.8, 4) is 0 Å². The fourth-order valence-corrected chi connectivity index (χ4v) is 2.50. The first kappa shape index (κ1) is 18.5. The highest BCUT2D eigenvalue weighted by molar-refractivity contribution is 6.31. The molecule has 3 rings (SSSR count). The maximum Gasteiger partial charge on any atom is 0.257 e. The van der Waals surface area contributed by atoms with E-state index in [0.29, 0.717) is 10.7 Å². The molecule has 7 heteroatoms. The van der Waals surface area contributed by atoms with Crippen molar-refractivity contribution in [1.29, 1.82) is 0 Å². The van der Waals surface area contributed by atoms with Gasteiger partial charge in [-0.15, -0.1) is 0 Å². The van der Waals surface area contributed by atoms with E-state index in [4.69, 9.17) is 11.6 Å². The number of pyridine rings is 1. The zero-order valence-electron chi connectivity index (χ0n) is 14.3. The van der Waals surface area contributed by atoms with E-state index in [2.05, 4.69) is 15.6 Å². The van der Waals surface area contributed by atoms with Crippen LogP contribution in [0.15, 0.2) is 60.9 Å². The molecule has 5 nitrogen and oxygen atoms in total. The molecule has 0 saturated heterocycles. The van der Waals surface area contributed by atoms with Gasteiger partial charge in [0.25, 0.3) is 11.8 Å². The zero-order chi connectivity index (χ0) is 19.4. The molecule has 0 aliphatic rings. The van der Waals surface area contributed by atoms with E-state index in [1.807, 2.05) is 6.92 Å². The summed E-state index contributed by atoms with van der Waals surface area (Å²) in [4.78, 5) is 28.6. The molecular formula is C20H15ClFN3O2. The molecule has 1 aromatic heterocycles. The molecule has 0 unspecified atom stereocenters. The molecule has 136 valence electrons. The second-order valence-corrected chi connectivity index (χ2v) is 6.22. The van der Waals surface area contributed by atoms with Crippen LogP contribution < -0.4 is 10.6 Å². The van der Waals surface area contributed by atoms with Gasteiger partial charge in [-0.3, -0.25) is 14.6 Å². The molecule has 2 amide bonds. The third-order valence-corrected chi connectivity index (χ3v) is 4.22. The summed E-state index contributed by atoms with van der Waals surface area (Å²) in [7, 11) is 0. The first-order chi connectivity index (χ1) is 12.9. The van der Waals surface area contributed by atoms with Crippen molar-refractivity contribution >= 4 is 34.8 Å². The number of halogens is 2. The molecule has 3 aromatic rings. The van der Waals surface area contributed by atoms with Gasteiger partial charge in [0.05, 0.1) is 16.8 Å². The number of benzene rings is 2. The van der Waals surface area contributed by atoms with Gasteiger partial charge in [0, 0.05) is 23.1 Å². The Bertz CT molecular complexity index is 1020. The molecule has 0 fully saturated rings. The minimum absolute atomic E-state index is 0.0478. The Morgan fingerprint density at radius 1 is 0.963 bits per heavy atom. The smallest absolute Gasteiger partial charge is 0.257 e. The molecule has 0 saturated carbocycles. The van der Waals surface area contributed by atoms with E-state index in [1.54, 1.807) is 24.3 Å². The number of aryl methyl sites for hydroxylation is 1. The van der Waals surface area contributed by atoms with Crippen LogP contribution in [0.1, 0.15) is 26.3 Å². The number of nitrogens with zero attached hydrogens (tertiary/aromatic N) is 1. The first-order valence-electron chi connectivity index (χ1n) is 8.02. The normalized spacial score (nSPS) is 10.3. The summed E-state index contributed by atoms with van der Waals surface area (Å²) in [5.74, 6) is -1.56. The fourth-order valence-electron chi connectivity index (χ4n) is 2.32. The number of anilines is 2. The Hall–Kier alpha value is -3.25. The highest BCUT2D eigenvalue weighted by atomic mass is 35.5. The van der Waals surface area contributed by atoms with Gasteiger partial charge < -0.3 is 10.6 Å². The van der Waals surface area contributed by atoms with Gasteiger partial charge in [-0.25, -0.2) is 4.39 Å². The van der Waals surface area contributed by atoms with Crippen LogP contribution in [-0.2, 0) is 0 Å². The Kier molecular flexibility index (Phi) is 5.47. The van der Waals surface area contributed by atoms with Crippen LogP contribution in [0.2, 0.25) is 5.02 Å². The van der Waals surface area contributed by atoms with Crippen LogP contribution >= 0.6 is 11.6 Å². The molecule has 0 atom stereocenters. The maximum absolute atomic E-state index is 13.7. The number of hydrogen-bond donors (Lipinski definition) is 2. The van der Waals surface area contributed by atoms with Gasteiger partial charge in [-0.1, -0.05) is 29.8 Å². The maximum atomic E-state index is 13.7. The lowest BCUT2D eigenvalue weighted by Gasteiger charge is -2.09. The first-order valence-corrected chi connectivity index (χ1v) is 8.40. The van der Waals surface area contributed by atoms with Gasteiger partial charge in [0.2, 0.25) is 0 Å². The average Bonchev–Trinajstić information content (AvgIpc) is 2.66. The molecule has 0 radical (unpaired) electrons. The molecule has 2 N–H and O–H groups in total. The van der Waals surface area contributed by atoms with Crippen molar-refractivity contribution in [3.05, 3.63) is 88.5 Å². The monoisotopic (exact) mass is 383 g/mol. The summed E-state index contributed by atoms with van der Waals surface area (Å²) >= 11 is 6.05. The summed E-state index contributed by atoms with van der Waals surface area (Å²) in [6, 6.07) is 12.3. The second kappa shape index (κ2) is 7.97. The number of nitrogens with one attached hydrogen (secondary N) is 2. The van der Waals surface area contributed by atoms with Crippen LogP contribution in [0.4, 0.5) is 15.8 Å². The molecule has 0 bridgehead atoms. The third kappa shape index (κ3) is 4.48. The quantitative estimate of drug-likeness (QED) is 0.686. The Labute approximate surface area is 160 Å². The highest BCUT2D eigenvalue weighted by Gasteiger charge is 2.13. The number of carbonyl (C=O) groups excluding carboxylic acids is 2. The largest absolute Gasteiger partial charge is 0.322 e. The molecule has 0 aliphatic heterocycles. The number of aromatic nitrogens is 1. The number of carbonyl (C=O) groups is 2. The predicted octanol–water partition coefficient (Wildman–Crippen LogP) is 4.69. The van der Waals surface area contributed by atoms with Gasteiger partial charge in [0.15, 0.2) is 0 Å². The second-order valence-electron chi connectivity index (χ2n) is 5.81. The molecule has 0 spiro atoms.